The zero-order chi connectivity index (χ0) is 13.9. The fourth-order valence-electron chi connectivity index (χ4n) is 1.18. The van der Waals surface area contributed by atoms with E-state index >= 15 is 0 Å². The molecule has 1 rings (SSSR count). The lowest BCUT2D eigenvalue weighted by atomic mass is 10.2. The molecule has 96 valence electrons. The Morgan fingerprint density at radius 1 is 1.50 bits per heavy atom. The first kappa shape index (κ1) is 14.2. The van der Waals surface area contributed by atoms with Gasteiger partial charge < -0.3 is 5.32 Å². The maximum absolute atomic E-state index is 13.2. The molecule has 0 aliphatic heterocycles. The number of halogens is 1. The van der Waals surface area contributed by atoms with Crippen molar-refractivity contribution in [2.75, 3.05) is 0 Å². The summed E-state index contributed by atoms with van der Waals surface area (Å²) in [5.74, 6) is 0.705. The van der Waals surface area contributed by atoms with Crippen molar-refractivity contribution in [1.82, 2.24) is 5.32 Å². The van der Waals surface area contributed by atoms with Crippen molar-refractivity contribution in [3.8, 4) is 12.3 Å². The minimum absolute atomic E-state index is 0.166. The third-order valence-electron chi connectivity index (χ3n) is 2.06. The summed E-state index contributed by atoms with van der Waals surface area (Å²) in [4.78, 5) is 11.2. The Kier molecular flexibility index (Phi) is 4.06. The van der Waals surface area contributed by atoms with E-state index < -0.39 is 32.7 Å². The number of primary sulfonamides is 1. The largest absolute Gasteiger partial charge is 0.339 e. The van der Waals surface area contributed by atoms with Gasteiger partial charge >= 0.3 is 0 Å². The summed E-state index contributed by atoms with van der Waals surface area (Å²) in [5, 5.41) is 7.24. The highest BCUT2D eigenvalue weighted by molar-refractivity contribution is 7.89. The molecule has 0 aliphatic rings. The van der Waals surface area contributed by atoms with Crippen LogP contribution in [0.3, 0.4) is 0 Å². The van der Waals surface area contributed by atoms with Crippen molar-refractivity contribution in [2.45, 2.75) is 17.9 Å². The summed E-state index contributed by atoms with van der Waals surface area (Å²) in [5.41, 5.74) is -0.166. The van der Waals surface area contributed by atoms with Crippen LogP contribution in [0, 0.1) is 18.2 Å². The Bertz CT molecular complexity index is 620. The number of benzene rings is 1. The molecule has 1 atom stereocenters. The van der Waals surface area contributed by atoms with Crippen molar-refractivity contribution in [3.05, 3.63) is 29.6 Å². The van der Waals surface area contributed by atoms with Crippen LogP contribution >= 0.6 is 0 Å². The zero-order valence-corrected chi connectivity index (χ0v) is 10.3. The van der Waals surface area contributed by atoms with Crippen molar-refractivity contribution < 1.29 is 17.6 Å². The van der Waals surface area contributed by atoms with Gasteiger partial charge in [0.2, 0.25) is 10.0 Å². The lowest BCUT2D eigenvalue weighted by Crippen LogP contribution is -2.31. The molecule has 1 unspecified atom stereocenters. The number of hydrogen-bond donors (Lipinski definition) is 2. The van der Waals surface area contributed by atoms with Gasteiger partial charge in [0.15, 0.2) is 0 Å². The molecule has 0 aromatic heterocycles. The molecule has 3 N–H and O–H groups in total. The van der Waals surface area contributed by atoms with Gasteiger partial charge in [0.1, 0.15) is 5.82 Å². The maximum atomic E-state index is 13.2. The number of rotatable bonds is 3. The van der Waals surface area contributed by atoms with Gasteiger partial charge in [-0.2, -0.15) is 0 Å². The first-order valence-electron chi connectivity index (χ1n) is 4.84. The maximum Gasteiger partial charge on any atom is 0.252 e. The van der Waals surface area contributed by atoms with Gasteiger partial charge in [0.05, 0.1) is 10.9 Å². The van der Waals surface area contributed by atoms with E-state index in [0.29, 0.717) is 0 Å². The lowest BCUT2D eigenvalue weighted by molar-refractivity contribution is 0.0947. The van der Waals surface area contributed by atoms with Gasteiger partial charge in [-0.05, 0) is 25.1 Å². The number of nitrogens with two attached hydrogens (primary N) is 1. The van der Waals surface area contributed by atoms with Crippen LogP contribution in [0.25, 0.3) is 0 Å². The SMILES string of the molecule is C#CC(C)NC(=O)c1cc(F)cc(S(N)(=O)=O)c1. The van der Waals surface area contributed by atoms with Crippen LogP contribution < -0.4 is 10.5 Å². The molecule has 5 nitrogen and oxygen atoms in total. The summed E-state index contributed by atoms with van der Waals surface area (Å²) in [6, 6.07) is 2.06. The molecule has 0 aliphatic carbocycles. The fourth-order valence-corrected chi connectivity index (χ4v) is 1.75. The Morgan fingerprint density at radius 3 is 2.61 bits per heavy atom. The van der Waals surface area contributed by atoms with Crippen LogP contribution in [0.5, 0.6) is 0 Å². The lowest BCUT2D eigenvalue weighted by Gasteiger charge is -2.08. The van der Waals surface area contributed by atoms with Crippen LogP contribution in [0.1, 0.15) is 17.3 Å². The third kappa shape index (κ3) is 3.55. The molecule has 1 aromatic rings. The summed E-state index contributed by atoms with van der Waals surface area (Å²) in [7, 11) is -4.08. The highest BCUT2D eigenvalue weighted by Crippen LogP contribution is 2.13. The molecule has 0 spiro atoms. The smallest absolute Gasteiger partial charge is 0.252 e. The van der Waals surface area contributed by atoms with E-state index in [1.54, 1.807) is 6.92 Å². The minimum Gasteiger partial charge on any atom is -0.339 e. The van der Waals surface area contributed by atoms with Gasteiger partial charge in [0.25, 0.3) is 5.91 Å². The first-order valence-corrected chi connectivity index (χ1v) is 6.39. The normalized spacial score (nSPS) is 12.6. The van der Waals surface area contributed by atoms with Gasteiger partial charge in [0, 0.05) is 5.56 Å². The highest BCUT2D eigenvalue weighted by atomic mass is 32.2. The zero-order valence-electron chi connectivity index (χ0n) is 9.48. The molecule has 0 bridgehead atoms. The molecule has 1 amide bonds. The number of hydrogen-bond acceptors (Lipinski definition) is 3. The Morgan fingerprint density at radius 2 is 2.11 bits per heavy atom. The van der Waals surface area contributed by atoms with Crippen LogP contribution in [0.15, 0.2) is 23.1 Å². The Balaban J connectivity index is 3.16. The van der Waals surface area contributed by atoms with E-state index in [-0.39, 0.29) is 5.56 Å². The number of terminal acetylenes is 1. The Hall–Kier alpha value is -1.91. The molecule has 0 saturated heterocycles. The van der Waals surface area contributed by atoms with Crippen molar-refractivity contribution in [2.24, 2.45) is 5.14 Å². The van der Waals surface area contributed by atoms with E-state index in [9.17, 15) is 17.6 Å². The number of amides is 1. The second-order valence-corrected chi connectivity index (χ2v) is 5.14. The molecule has 18 heavy (non-hydrogen) atoms. The monoisotopic (exact) mass is 270 g/mol. The number of nitrogens with one attached hydrogen (secondary N) is 1. The van der Waals surface area contributed by atoms with E-state index in [1.807, 2.05) is 0 Å². The summed E-state index contributed by atoms with van der Waals surface area (Å²) < 4.78 is 35.4. The van der Waals surface area contributed by atoms with Gasteiger partial charge in [-0.1, -0.05) is 5.92 Å². The van der Waals surface area contributed by atoms with Crippen LogP contribution in [0.4, 0.5) is 4.39 Å². The topological polar surface area (TPSA) is 89.3 Å². The molecule has 7 heteroatoms. The second kappa shape index (κ2) is 5.16. The molecule has 0 saturated carbocycles. The van der Waals surface area contributed by atoms with E-state index in [4.69, 9.17) is 11.6 Å². The molecular weight excluding hydrogens is 259 g/mol. The second-order valence-electron chi connectivity index (χ2n) is 3.58. The van der Waals surface area contributed by atoms with Crippen molar-refractivity contribution in [3.63, 3.8) is 0 Å². The summed E-state index contributed by atoms with van der Waals surface area (Å²) in [6.45, 7) is 1.55. The van der Waals surface area contributed by atoms with E-state index in [1.165, 1.54) is 0 Å². The van der Waals surface area contributed by atoms with Gasteiger partial charge in [-0.15, -0.1) is 6.42 Å². The fraction of sp³-hybridized carbons (Fsp3) is 0.182. The molecular formula is C11H11FN2O3S. The first-order chi connectivity index (χ1) is 8.24. The summed E-state index contributed by atoms with van der Waals surface area (Å²) in [6.07, 6.45) is 5.07. The highest BCUT2D eigenvalue weighted by Gasteiger charge is 2.15. The number of sulfonamides is 1. The van der Waals surface area contributed by atoms with Crippen LogP contribution in [-0.2, 0) is 10.0 Å². The number of carbonyl (C=O) groups excluding carboxylic acids is 1. The predicted molar refractivity (Wildman–Crippen MR) is 63.5 cm³/mol. The third-order valence-corrected chi connectivity index (χ3v) is 2.95. The standard InChI is InChI=1S/C11H11FN2O3S/c1-3-7(2)14-11(15)8-4-9(12)6-10(5-8)18(13,16)17/h1,4-7H,2H3,(H,14,15)(H2,13,16,17). The Labute approximate surface area is 104 Å². The average molecular weight is 270 g/mol. The van der Waals surface area contributed by atoms with E-state index in [0.717, 1.165) is 18.2 Å². The van der Waals surface area contributed by atoms with Crippen LogP contribution in [-0.4, -0.2) is 20.4 Å². The minimum atomic E-state index is -4.08. The molecule has 0 fully saturated rings. The van der Waals surface area contributed by atoms with Gasteiger partial charge in [-0.25, -0.2) is 17.9 Å². The van der Waals surface area contributed by atoms with Gasteiger partial charge in [-0.3, -0.25) is 4.79 Å². The summed E-state index contributed by atoms with van der Waals surface area (Å²) >= 11 is 0. The van der Waals surface area contributed by atoms with Crippen molar-refractivity contribution in [1.29, 1.82) is 0 Å². The molecule has 0 heterocycles. The quantitative estimate of drug-likeness (QED) is 0.770. The van der Waals surface area contributed by atoms with Crippen LogP contribution in [0.2, 0.25) is 0 Å². The predicted octanol–water partition coefficient (Wildman–Crippen LogP) is 0.225. The molecule has 1 aromatic carbocycles. The molecule has 0 radical (unpaired) electrons. The average Bonchev–Trinajstić information content (AvgIpc) is 2.26. The number of carbonyl (C=O) groups is 1. The van der Waals surface area contributed by atoms with Crippen molar-refractivity contribution >= 4 is 15.9 Å². The van der Waals surface area contributed by atoms with E-state index in [2.05, 4.69) is 11.2 Å².